The number of benzene rings is 4. The van der Waals surface area contributed by atoms with Crippen LogP contribution in [0.5, 0.6) is 0 Å². The molecule has 1 amide bonds. The van der Waals surface area contributed by atoms with E-state index in [0.717, 1.165) is 10.6 Å². The molecule has 1 saturated heterocycles. The van der Waals surface area contributed by atoms with Crippen LogP contribution in [0.2, 0.25) is 0 Å². The highest BCUT2D eigenvalue weighted by Crippen LogP contribution is 2.37. The van der Waals surface area contributed by atoms with Crippen LogP contribution in [0.25, 0.3) is 0 Å². The number of thioether (sulfide) groups is 1. The summed E-state index contributed by atoms with van der Waals surface area (Å²) < 4.78 is 23.8. The Bertz CT molecular complexity index is 1910. The fourth-order valence-electron chi connectivity index (χ4n) is 5.55. The van der Waals surface area contributed by atoms with Crippen LogP contribution in [0.4, 0.5) is 5.69 Å². The maximum Gasteiger partial charge on any atom is 0.338 e. The number of nitrogens with zero attached hydrogens (tertiary/aromatic N) is 2. The van der Waals surface area contributed by atoms with Crippen LogP contribution in [0.3, 0.4) is 0 Å². The van der Waals surface area contributed by atoms with Gasteiger partial charge in [0.15, 0.2) is 17.3 Å². The first-order valence-electron chi connectivity index (χ1n) is 17.5. The Morgan fingerprint density at radius 2 is 1.24 bits per heavy atom. The molecule has 14 heteroatoms. The Balaban J connectivity index is 1.32. The maximum absolute atomic E-state index is 13.5. The molecule has 0 aliphatic carbocycles. The second-order valence-electron chi connectivity index (χ2n) is 12.8. The SMILES string of the molecule is C[C@@H](C(=O)OC[C@H]1O[C@@H](Sc2ccccc2)[C@H](OC(=O)c2ccccc2)[C@@H](OC(=O)c2ccccc2)[C@H]1O)N(C)C(=O)[C@H](C)N(C)C(=S)Nc1ccccc1. The highest BCUT2D eigenvalue weighted by atomic mass is 32.2. The number of esters is 3. The number of carbonyl (C=O) groups is 4. The first-order valence-corrected chi connectivity index (χ1v) is 18.8. The number of hydrogen-bond donors (Lipinski definition) is 2. The van der Waals surface area contributed by atoms with Crippen molar-refractivity contribution in [2.45, 2.75) is 60.7 Å². The van der Waals surface area contributed by atoms with Crippen molar-refractivity contribution in [3.8, 4) is 0 Å². The molecule has 55 heavy (non-hydrogen) atoms. The molecule has 4 aromatic carbocycles. The Labute approximate surface area is 329 Å². The number of ether oxygens (including phenoxy) is 4. The quantitative estimate of drug-likeness (QED) is 0.101. The summed E-state index contributed by atoms with van der Waals surface area (Å²) >= 11 is 6.69. The van der Waals surface area contributed by atoms with Gasteiger partial charge < -0.3 is 39.2 Å². The van der Waals surface area contributed by atoms with E-state index in [1.807, 2.05) is 60.7 Å². The molecule has 0 spiro atoms. The van der Waals surface area contributed by atoms with E-state index in [0.29, 0.717) is 5.11 Å². The minimum atomic E-state index is -1.61. The second-order valence-corrected chi connectivity index (χ2v) is 14.3. The molecule has 7 atom stereocenters. The van der Waals surface area contributed by atoms with Gasteiger partial charge in [0.2, 0.25) is 5.91 Å². The van der Waals surface area contributed by atoms with Crippen molar-refractivity contribution in [1.29, 1.82) is 0 Å². The van der Waals surface area contributed by atoms with Crippen molar-refractivity contribution in [3.05, 3.63) is 132 Å². The van der Waals surface area contributed by atoms with E-state index in [1.165, 1.54) is 30.6 Å². The topological polar surface area (TPSA) is 144 Å². The van der Waals surface area contributed by atoms with Gasteiger partial charge in [-0.3, -0.25) is 4.79 Å². The molecule has 4 aromatic rings. The van der Waals surface area contributed by atoms with E-state index in [2.05, 4.69) is 5.32 Å². The number of para-hydroxylation sites is 1. The Morgan fingerprint density at radius 1 is 0.745 bits per heavy atom. The van der Waals surface area contributed by atoms with Gasteiger partial charge in [-0.25, -0.2) is 14.4 Å². The van der Waals surface area contributed by atoms with Crippen molar-refractivity contribution < 1.29 is 43.2 Å². The van der Waals surface area contributed by atoms with Crippen molar-refractivity contribution in [1.82, 2.24) is 9.80 Å². The number of likely N-dealkylation sites (N-methyl/N-ethyl adjacent to an activating group) is 2. The van der Waals surface area contributed by atoms with E-state index in [9.17, 15) is 24.3 Å². The van der Waals surface area contributed by atoms with Crippen molar-refractivity contribution >= 4 is 58.6 Å². The second kappa shape index (κ2) is 19.4. The summed E-state index contributed by atoms with van der Waals surface area (Å²) in [5, 5.41) is 15.1. The summed E-state index contributed by atoms with van der Waals surface area (Å²) in [5.74, 6) is -2.65. The predicted molar refractivity (Wildman–Crippen MR) is 211 cm³/mol. The number of rotatable bonds is 13. The van der Waals surface area contributed by atoms with E-state index in [1.54, 1.807) is 79.5 Å². The summed E-state index contributed by atoms with van der Waals surface area (Å²) in [6.45, 7) is 2.71. The summed E-state index contributed by atoms with van der Waals surface area (Å²) in [6, 6.07) is 33.1. The molecule has 5 rings (SSSR count). The zero-order chi connectivity index (χ0) is 39.5. The third-order valence-electron chi connectivity index (χ3n) is 9.06. The van der Waals surface area contributed by atoms with E-state index in [4.69, 9.17) is 31.2 Å². The minimum Gasteiger partial charge on any atom is -0.461 e. The average Bonchev–Trinajstić information content (AvgIpc) is 3.22. The largest absolute Gasteiger partial charge is 0.461 e. The normalized spacial score (nSPS) is 20.2. The van der Waals surface area contributed by atoms with Crippen LogP contribution >= 0.6 is 24.0 Å². The lowest BCUT2D eigenvalue weighted by Gasteiger charge is -2.43. The number of nitrogens with one attached hydrogen (secondary N) is 1. The standard InChI is InChI=1S/C41H43N3O9S2/c1-26(44(4)41(54)42-30-21-13-7-14-22-30)36(46)43(3)27(2)37(47)50-25-32-33(45)34(52-38(48)28-17-9-5-10-18-28)35(53-39(49)29-19-11-6-12-20-29)40(51-32)55-31-23-15-8-16-24-31/h5-24,26-27,32-35,40,45H,25H2,1-4H3,(H,42,54)/t26-,27-,32+,33-,34-,35+,40-/m0/s1. The molecule has 0 unspecified atom stereocenters. The summed E-state index contributed by atoms with van der Waals surface area (Å²) in [7, 11) is 3.16. The fraction of sp³-hybridized carbons (Fsp3) is 0.293. The van der Waals surface area contributed by atoms with Crippen LogP contribution in [-0.4, -0.2) is 106 Å². The maximum atomic E-state index is 13.5. The number of thiocarbonyl (C=S) groups is 1. The van der Waals surface area contributed by atoms with Gasteiger partial charge >= 0.3 is 17.9 Å². The van der Waals surface area contributed by atoms with Crippen LogP contribution in [-0.2, 0) is 28.5 Å². The molecule has 0 aromatic heterocycles. The van der Waals surface area contributed by atoms with Gasteiger partial charge in [-0.05, 0) is 74.6 Å². The highest BCUT2D eigenvalue weighted by molar-refractivity contribution is 7.99. The molecule has 1 fully saturated rings. The van der Waals surface area contributed by atoms with Gasteiger partial charge in [0.05, 0.1) is 11.1 Å². The average molecular weight is 786 g/mol. The molecule has 1 aliphatic rings. The molecule has 0 radical (unpaired) electrons. The van der Waals surface area contributed by atoms with Gasteiger partial charge in [0.1, 0.15) is 36.3 Å². The molecule has 1 aliphatic heterocycles. The Hall–Kier alpha value is -5.28. The zero-order valence-electron chi connectivity index (χ0n) is 30.7. The summed E-state index contributed by atoms with van der Waals surface area (Å²) in [5.41, 5.74) is 0.190. The smallest absolute Gasteiger partial charge is 0.338 e. The molecule has 0 saturated carbocycles. The molecule has 1 heterocycles. The molecular weight excluding hydrogens is 743 g/mol. The first-order chi connectivity index (χ1) is 26.4. The van der Waals surface area contributed by atoms with Crippen LogP contribution in [0, 0.1) is 0 Å². The lowest BCUT2D eigenvalue weighted by atomic mass is 9.99. The predicted octanol–water partition coefficient (Wildman–Crippen LogP) is 5.42. The number of amides is 1. The van der Waals surface area contributed by atoms with Gasteiger partial charge in [-0.1, -0.05) is 84.6 Å². The van der Waals surface area contributed by atoms with Crippen LogP contribution in [0.15, 0.2) is 126 Å². The van der Waals surface area contributed by atoms with Crippen molar-refractivity contribution in [3.63, 3.8) is 0 Å². The number of aliphatic hydroxyl groups is 1. The van der Waals surface area contributed by atoms with E-state index < -0.39 is 72.4 Å². The van der Waals surface area contributed by atoms with Gasteiger partial charge in [0.25, 0.3) is 0 Å². The number of aliphatic hydroxyl groups excluding tert-OH is 1. The van der Waals surface area contributed by atoms with Gasteiger partial charge in [0, 0.05) is 24.7 Å². The molecular formula is C41H43N3O9S2. The lowest BCUT2D eigenvalue weighted by Crippen LogP contribution is -2.60. The van der Waals surface area contributed by atoms with E-state index in [-0.39, 0.29) is 11.1 Å². The van der Waals surface area contributed by atoms with Crippen molar-refractivity contribution in [2.24, 2.45) is 0 Å². The summed E-state index contributed by atoms with van der Waals surface area (Å²) in [6.07, 6.45) is -5.57. The molecule has 12 nitrogen and oxygen atoms in total. The first kappa shape index (κ1) is 40.9. The van der Waals surface area contributed by atoms with Crippen LogP contribution in [0.1, 0.15) is 34.6 Å². The van der Waals surface area contributed by atoms with Crippen molar-refractivity contribution in [2.75, 3.05) is 26.0 Å². The third-order valence-corrected chi connectivity index (χ3v) is 10.6. The van der Waals surface area contributed by atoms with Crippen LogP contribution < -0.4 is 5.32 Å². The number of hydrogen-bond acceptors (Lipinski definition) is 11. The third kappa shape index (κ3) is 10.7. The number of anilines is 1. The van der Waals surface area contributed by atoms with E-state index >= 15 is 0 Å². The highest BCUT2D eigenvalue weighted by Gasteiger charge is 2.51. The fourth-order valence-corrected chi connectivity index (χ4v) is 6.95. The van der Waals surface area contributed by atoms with Gasteiger partial charge in [-0.15, -0.1) is 0 Å². The minimum absolute atomic E-state index is 0.211. The molecule has 2 N–H and O–H groups in total. The number of carbonyl (C=O) groups excluding carboxylic acids is 4. The molecule has 288 valence electrons. The lowest BCUT2D eigenvalue weighted by molar-refractivity contribution is -0.211. The zero-order valence-corrected chi connectivity index (χ0v) is 32.4. The Morgan fingerprint density at radius 3 is 1.78 bits per heavy atom. The summed E-state index contributed by atoms with van der Waals surface area (Å²) in [4.78, 5) is 57.3. The Kier molecular flexibility index (Phi) is 14.4. The van der Waals surface area contributed by atoms with Gasteiger partial charge in [-0.2, -0.15) is 0 Å². The monoisotopic (exact) mass is 785 g/mol. The molecule has 0 bridgehead atoms.